The lowest BCUT2D eigenvalue weighted by Crippen LogP contribution is -2.35. The highest BCUT2D eigenvalue weighted by atomic mass is 32.1. The molecule has 0 amide bonds. The predicted octanol–water partition coefficient (Wildman–Crippen LogP) is 0.0814. The van der Waals surface area contributed by atoms with Crippen molar-refractivity contribution >= 4 is 22.6 Å². The van der Waals surface area contributed by atoms with Gasteiger partial charge in [0.25, 0.3) is 0 Å². The van der Waals surface area contributed by atoms with E-state index in [9.17, 15) is 5.11 Å². The van der Waals surface area contributed by atoms with Gasteiger partial charge in [0.15, 0.2) is 0 Å². The third-order valence-electron chi connectivity index (χ3n) is 2.17. The Bertz CT molecular complexity index is 282. The van der Waals surface area contributed by atoms with Crippen molar-refractivity contribution in [2.24, 2.45) is 0 Å². The van der Waals surface area contributed by atoms with Gasteiger partial charge in [-0.2, -0.15) is 9.36 Å². The van der Waals surface area contributed by atoms with E-state index in [1.807, 2.05) is 0 Å². The fourth-order valence-electron chi connectivity index (χ4n) is 1.41. The number of nitrogen functional groups attached to an aromatic ring is 1. The molecule has 5 nitrogen and oxygen atoms in total. The van der Waals surface area contributed by atoms with Gasteiger partial charge in [-0.25, -0.2) is 0 Å². The molecule has 3 N–H and O–H groups in total. The van der Waals surface area contributed by atoms with E-state index in [2.05, 4.69) is 14.3 Å². The minimum atomic E-state index is -0.151. The lowest BCUT2D eigenvalue weighted by atomic mass is 10.1. The average molecular weight is 200 g/mol. The van der Waals surface area contributed by atoms with E-state index >= 15 is 0 Å². The highest BCUT2D eigenvalue weighted by molar-refractivity contribution is 7.09. The van der Waals surface area contributed by atoms with Crippen molar-refractivity contribution in [2.75, 3.05) is 23.7 Å². The quantitative estimate of drug-likeness (QED) is 0.671. The first-order chi connectivity index (χ1) is 6.25. The fourth-order valence-corrected chi connectivity index (χ4v) is 2.06. The van der Waals surface area contributed by atoms with Crippen LogP contribution in [0.2, 0.25) is 0 Å². The van der Waals surface area contributed by atoms with Crippen LogP contribution in [0, 0.1) is 0 Å². The molecule has 1 fully saturated rings. The van der Waals surface area contributed by atoms with E-state index in [1.54, 1.807) is 0 Å². The summed E-state index contributed by atoms with van der Waals surface area (Å²) in [6.45, 7) is 1.69. The molecule has 0 unspecified atom stereocenters. The average Bonchev–Trinajstić information content (AvgIpc) is 2.53. The molecule has 0 atom stereocenters. The van der Waals surface area contributed by atoms with Gasteiger partial charge in [0.05, 0.1) is 6.10 Å². The van der Waals surface area contributed by atoms with Crippen molar-refractivity contribution in [3.63, 3.8) is 0 Å². The Balaban J connectivity index is 2.02. The Morgan fingerprint density at radius 3 is 2.69 bits per heavy atom. The Labute approximate surface area is 80.4 Å². The molecule has 1 aliphatic rings. The standard InChI is InChI=1S/C7H12N4OS/c8-6-9-7(13-10-6)11-3-1-5(12)2-4-11/h5,12H,1-4H2,(H2,8,10). The number of nitrogens with two attached hydrogens (primary N) is 1. The van der Waals surface area contributed by atoms with Gasteiger partial charge >= 0.3 is 0 Å². The summed E-state index contributed by atoms with van der Waals surface area (Å²) in [6.07, 6.45) is 1.46. The van der Waals surface area contributed by atoms with Crippen LogP contribution in [0.5, 0.6) is 0 Å². The zero-order valence-corrected chi connectivity index (χ0v) is 8.00. The second-order valence-electron chi connectivity index (χ2n) is 3.15. The minimum absolute atomic E-state index is 0.151. The van der Waals surface area contributed by atoms with Gasteiger partial charge in [-0.1, -0.05) is 0 Å². The maximum atomic E-state index is 9.30. The maximum Gasteiger partial charge on any atom is 0.233 e. The highest BCUT2D eigenvalue weighted by Gasteiger charge is 2.19. The molecule has 0 aromatic carbocycles. The number of aromatic nitrogens is 2. The van der Waals surface area contributed by atoms with Gasteiger partial charge in [-0.05, 0) is 12.8 Å². The molecular weight excluding hydrogens is 188 g/mol. The van der Waals surface area contributed by atoms with Crippen LogP contribution < -0.4 is 10.6 Å². The first-order valence-electron chi connectivity index (χ1n) is 4.28. The molecule has 0 spiro atoms. The topological polar surface area (TPSA) is 75.3 Å². The van der Waals surface area contributed by atoms with Crippen molar-refractivity contribution < 1.29 is 5.11 Å². The van der Waals surface area contributed by atoms with Gasteiger partial charge in [0.2, 0.25) is 11.1 Å². The van der Waals surface area contributed by atoms with Crippen LogP contribution in [0.15, 0.2) is 0 Å². The van der Waals surface area contributed by atoms with Crippen molar-refractivity contribution in [1.29, 1.82) is 0 Å². The number of nitrogens with zero attached hydrogens (tertiary/aromatic N) is 3. The van der Waals surface area contributed by atoms with Gasteiger partial charge < -0.3 is 15.7 Å². The zero-order valence-electron chi connectivity index (χ0n) is 7.18. The summed E-state index contributed by atoms with van der Waals surface area (Å²) in [7, 11) is 0. The smallest absolute Gasteiger partial charge is 0.233 e. The molecule has 1 aromatic rings. The third-order valence-corrected chi connectivity index (χ3v) is 2.96. The number of rotatable bonds is 1. The lowest BCUT2D eigenvalue weighted by Gasteiger charge is -2.28. The van der Waals surface area contributed by atoms with E-state index in [4.69, 9.17) is 5.73 Å². The summed E-state index contributed by atoms with van der Waals surface area (Å²) in [4.78, 5) is 6.20. The van der Waals surface area contributed by atoms with E-state index < -0.39 is 0 Å². The van der Waals surface area contributed by atoms with E-state index in [0.29, 0.717) is 5.95 Å². The summed E-state index contributed by atoms with van der Waals surface area (Å²) in [5.41, 5.74) is 5.42. The number of aliphatic hydroxyl groups excluding tert-OH is 1. The van der Waals surface area contributed by atoms with E-state index in [0.717, 1.165) is 31.1 Å². The normalized spacial score (nSPS) is 19.3. The maximum absolute atomic E-state index is 9.30. The van der Waals surface area contributed by atoms with Crippen molar-refractivity contribution in [3.05, 3.63) is 0 Å². The number of hydrogen-bond donors (Lipinski definition) is 2. The fraction of sp³-hybridized carbons (Fsp3) is 0.714. The van der Waals surface area contributed by atoms with Crippen LogP contribution in [0.3, 0.4) is 0 Å². The molecule has 2 rings (SSSR count). The number of anilines is 2. The minimum Gasteiger partial charge on any atom is -0.393 e. The first-order valence-corrected chi connectivity index (χ1v) is 5.05. The zero-order chi connectivity index (χ0) is 9.26. The lowest BCUT2D eigenvalue weighted by molar-refractivity contribution is 0.145. The van der Waals surface area contributed by atoms with Crippen molar-refractivity contribution in [3.8, 4) is 0 Å². The predicted molar refractivity (Wildman–Crippen MR) is 51.8 cm³/mol. The van der Waals surface area contributed by atoms with Crippen LogP contribution in [-0.2, 0) is 0 Å². The van der Waals surface area contributed by atoms with Crippen LogP contribution >= 0.6 is 11.5 Å². The van der Waals surface area contributed by atoms with Gasteiger partial charge in [0.1, 0.15) is 0 Å². The largest absolute Gasteiger partial charge is 0.393 e. The van der Waals surface area contributed by atoms with Crippen LogP contribution in [0.1, 0.15) is 12.8 Å². The van der Waals surface area contributed by atoms with Crippen LogP contribution in [-0.4, -0.2) is 33.7 Å². The summed E-state index contributed by atoms with van der Waals surface area (Å²) in [5.74, 6) is 0.339. The second-order valence-corrected chi connectivity index (χ2v) is 3.88. The Morgan fingerprint density at radius 1 is 1.46 bits per heavy atom. The summed E-state index contributed by atoms with van der Waals surface area (Å²) < 4.78 is 3.92. The molecule has 0 aliphatic carbocycles. The monoisotopic (exact) mass is 200 g/mol. The molecule has 1 aliphatic heterocycles. The molecule has 1 saturated heterocycles. The van der Waals surface area contributed by atoms with Crippen molar-refractivity contribution in [2.45, 2.75) is 18.9 Å². The Hall–Kier alpha value is -0.880. The van der Waals surface area contributed by atoms with E-state index in [1.165, 1.54) is 11.5 Å². The van der Waals surface area contributed by atoms with Gasteiger partial charge in [-0.15, -0.1) is 0 Å². The number of piperidine rings is 1. The molecule has 0 radical (unpaired) electrons. The molecule has 2 heterocycles. The van der Waals surface area contributed by atoms with Gasteiger partial charge in [0, 0.05) is 24.6 Å². The SMILES string of the molecule is Nc1nsc(N2CCC(O)CC2)n1. The molecule has 72 valence electrons. The second kappa shape index (κ2) is 3.47. The Kier molecular flexibility index (Phi) is 2.32. The first kappa shape index (κ1) is 8.71. The molecule has 0 bridgehead atoms. The molecule has 6 heteroatoms. The van der Waals surface area contributed by atoms with Gasteiger partial charge in [-0.3, -0.25) is 0 Å². The summed E-state index contributed by atoms with van der Waals surface area (Å²) in [6, 6.07) is 0. The Morgan fingerprint density at radius 2 is 2.15 bits per heavy atom. The number of aliphatic hydroxyl groups is 1. The summed E-state index contributed by atoms with van der Waals surface area (Å²) >= 11 is 1.32. The molecular formula is C7H12N4OS. The molecule has 1 aromatic heterocycles. The molecule has 0 saturated carbocycles. The van der Waals surface area contributed by atoms with Crippen LogP contribution in [0.25, 0.3) is 0 Å². The highest BCUT2D eigenvalue weighted by Crippen LogP contribution is 2.22. The van der Waals surface area contributed by atoms with Crippen LogP contribution in [0.4, 0.5) is 11.1 Å². The molecule has 13 heavy (non-hydrogen) atoms. The van der Waals surface area contributed by atoms with Crippen molar-refractivity contribution in [1.82, 2.24) is 9.36 Å². The number of hydrogen-bond acceptors (Lipinski definition) is 6. The summed E-state index contributed by atoms with van der Waals surface area (Å²) in [5, 5.41) is 10.2. The third kappa shape index (κ3) is 1.89. The van der Waals surface area contributed by atoms with E-state index in [-0.39, 0.29) is 6.10 Å².